The molecule has 2 N–H and O–H groups in total. The molecule has 0 fully saturated rings. The van der Waals surface area contributed by atoms with Gasteiger partial charge < -0.3 is 5.32 Å². The molecule has 0 bridgehead atoms. The normalized spacial score (nSPS) is 12.9. The fraction of sp³-hybridized carbons (Fsp3) is 0.250. The van der Waals surface area contributed by atoms with Crippen LogP contribution in [0.15, 0.2) is 52.1 Å². The molecule has 1 aliphatic rings. The van der Waals surface area contributed by atoms with Crippen molar-refractivity contribution in [3.8, 4) is 0 Å². The summed E-state index contributed by atoms with van der Waals surface area (Å²) in [7, 11) is 0. The van der Waals surface area contributed by atoms with Crippen LogP contribution in [0.3, 0.4) is 0 Å². The van der Waals surface area contributed by atoms with Gasteiger partial charge in [-0.25, -0.2) is 4.68 Å². The standard InChI is InChI=1S/C20H19N3O3/c24-18(21-15-9-8-13-4-3-5-14(13)12-15)10-11-23-20(26)17-7-2-1-6-16(17)19(25)22-23/h1-2,6-9,12H,3-5,10-11H2,(H,21,24)(H,22,25). The molecule has 1 aromatic heterocycles. The van der Waals surface area contributed by atoms with E-state index in [4.69, 9.17) is 0 Å². The van der Waals surface area contributed by atoms with Crippen molar-refractivity contribution in [2.24, 2.45) is 0 Å². The Balaban J connectivity index is 1.48. The van der Waals surface area contributed by atoms with Crippen LogP contribution in [0.4, 0.5) is 5.69 Å². The number of anilines is 1. The van der Waals surface area contributed by atoms with Gasteiger partial charge in [0.2, 0.25) is 5.91 Å². The topological polar surface area (TPSA) is 84.0 Å². The van der Waals surface area contributed by atoms with Gasteiger partial charge in [0.1, 0.15) is 0 Å². The monoisotopic (exact) mass is 349 g/mol. The molecule has 1 heterocycles. The summed E-state index contributed by atoms with van der Waals surface area (Å²) in [5.41, 5.74) is 2.78. The Morgan fingerprint density at radius 2 is 1.81 bits per heavy atom. The van der Waals surface area contributed by atoms with Gasteiger partial charge in [0.15, 0.2) is 0 Å². The Hall–Kier alpha value is -3.15. The van der Waals surface area contributed by atoms with Crippen LogP contribution < -0.4 is 16.4 Å². The number of nitrogens with one attached hydrogen (secondary N) is 2. The average molecular weight is 349 g/mol. The highest BCUT2D eigenvalue weighted by Gasteiger charge is 2.12. The second-order valence-electron chi connectivity index (χ2n) is 6.58. The summed E-state index contributed by atoms with van der Waals surface area (Å²) in [6.07, 6.45) is 3.41. The summed E-state index contributed by atoms with van der Waals surface area (Å²) in [4.78, 5) is 36.7. The van der Waals surface area contributed by atoms with E-state index in [0.717, 1.165) is 24.9 Å². The molecule has 0 saturated heterocycles. The number of fused-ring (bicyclic) bond motifs is 2. The molecular formula is C20H19N3O3. The van der Waals surface area contributed by atoms with E-state index >= 15 is 0 Å². The predicted octanol–water partition coefficient (Wildman–Crippen LogP) is 2.21. The van der Waals surface area contributed by atoms with Gasteiger partial charge in [-0.15, -0.1) is 0 Å². The minimum atomic E-state index is -0.334. The summed E-state index contributed by atoms with van der Waals surface area (Å²) >= 11 is 0. The number of H-pyrrole nitrogens is 1. The quantitative estimate of drug-likeness (QED) is 0.757. The van der Waals surface area contributed by atoms with Crippen molar-refractivity contribution in [1.29, 1.82) is 0 Å². The van der Waals surface area contributed by atoms with Crippen molar-refractivity contribution in [3.63, 3.8) is 0 Å². The maximum atomic E-state index is 12.4. The highest BCUT2D eigenvalue weighted by atomic mass is 16.2. The molecule has 26 heavy (non-hydrogen) atoms. The third-order valence-corrected chi connectivity index (χ3v) is 4.83. The Bertz CT molecular complexity index is 1110. The number of aryl methyl sites for hydroxylation is 3. The number of carbonyl (C=O) groups is 1. The van der Waals surface area contributed by atoms with Crippen LogP contribution in [0, 0.1) is 0 Å². The van der Waals surface area contributed by atoms with E-state index in [9.17, 15) is 14.4 Å². The fourth-order valence-electron chi connectivity index (χ4n) is 3.49. The van der Waals surface area contributed by atoms with E-state index in [0.29, 0.717) is 10.8 Å². The number of aromatic nitrogens is 2. The summed E-state index contributed by atoms with van der Waals surface area (Å²) in [6, 6.07) is 12.6. The lowest BCUT2D eigenvalue weighted by atomic mass is 10.1. The molecule has 3 aromatic rings. The molecule has 0 spiro atoms. The lowest BCUT2D eigenvalue weighted by Gasteiger charge is -2.09. The SMILES string of the molecule is O=C(CCn1[nH]c(=O)c2ccccc2c1=O)Nc1ccc2c(c1)CCC2. The number of nitrogens with zero attached hydrogens (tertiary/aromatic N) is 1. The van der Waals surface area contributed by atoms with Crippen molar-refractivity contribution < 1.29 is 4.79 Å². The number of benzene rings is 2. The predicted molar refractivity (Wildman–Crippen MR) is 101 cm³/mol. The number of rotatable bonds is 4. The smallest absolute Gasteiger partial charge is 0.273 e. The first-order valence-electron chi connectivity index (χ1n) is 8.75. The molecular weight excluding hydrogens is 330 g/mol. The van der Waals surface area contributed by atoms with Crippen molar-refractivity contribution in [1.82, 2.24) is 9.78 Å². The third kappa shape index (κ3) is 3.06. The molecule has 1 aliphatic carbocycles. The molecule has 132 valence electrons. The van der Waals surface area contributed by atoms with Gasteiger partial charge in [-0.05, 0) is 54.7 Å². The second-order valence-corrected chi connectivity index (χ2v) is 6.58. The van der Waals surface area contributed by atoms with Crippen LogP contribution in [0.2, 0.25) is 0 Å². The van der Waals surface area contributed by atoms with Gasteiger partial charge in [0.25, 0.3) is 11.1 Å². The van der Waals surface area contributed by atoms with Crippen LogP contribution in [-0.2, 0) is 24.2 Å². The van der Waals surface area contributed by atoms with Crippen LogP contribution in [0.25, 0.3) is 10.8 Å². The highest BCUT2D eigenvalue weighted by molar-refractivity contribution is 5.90. The van der Waals surface area contributed by atoms with Gasteiger partial charge in [-0.1, -0.05) is 18.2 Å². The Morgan fingerprint density at radius 1 is 1.04 bits per heavy atom. The molecule has 0 aliphatic heterocycles. The van der Waals surface area contributed by atoms with Crippen molar-refractivity contribution in [2.75, 3.05) is 5.32 Å². The maximum Gasteiger partial charge on any atom is 0.273 e. The highest BCUT2D eigenvalue weighted by Crippen LogP contribution is 2.24. The molecule has 6 nitrogen and oxygen atoms in total. The number of hydrogen-bond acceptors (Lipinski definition) is 3. The van der Waals surface area contributed by atoms with E-state index in [1.54, 1.807) is 24.3 Å². The Labute approximate surface area is 149 Å². The lowest BCUT2D eigenvalue weighted by molar-refractivity contribution is -0.116. The number of aromatic amines is 1. The largest absolute Gasteiger partial charge is 0.326 e. The van der Waals surface area contributed by atoms with Crippen molar-refractivity contribution in [3.05, 3.63) is 74.3 Å². The van der Waals surface area contributed by atoms with Crippen LogP contribution in [0.1, 0.15) is 24.0 Å². The van der Waals surface area contributed by atoms with Gasteiger partial charge in [0, 0.05) is 12.1 Å². The van der Waals surface area contributed by atoms with Crippen molar-refractivity contribution >= 4 is 22.4 Å². The fourth-order valence-corrected chi connectivity index (χ4v) is 3.49. The number of amides is 1. The second kappa shape index (κ2) is 6.63. The van der Waals surface area contributed by atoms with E-state index < -0.39 is 0 Å². The minimum Gasteiger partial charge on any atom is -0.326 e. The maximum absolute atomic E-state index is 12.4. The molecule has 2 aromatic carbocycles. The zero-order chi connectivity index (χ0) is 18.1. The molecule has 4 rings (SSSR count). The van der Waals surface area contributed by atoms with E-state index in [1.807, 2.05) is 12.1 Å². The van der Waals surface area contributed by atoms with Crippen LogP contribution >= 0.6 is 0 Å². The molecule has 0 radical (unpaired) electrons. The summed E-state index contributed by atoms with van der Waals surface area (Å²) in [6.45, 7) is 0.121. The number of carbonyl (C=O) groups excluding carboxylic acids is 1. The third-order valence-electron chi connectivity index (χ3n) is 4.83. The average Bonchev–Trinajstić information content (AvgIpc) is 3.11. The van der Waals surface area contributed by atoms with E-state index in [1.165, 1.54) is 15.8 Å². The summed E-state index contributed by atoms with van der Waals surface area (Å²) in [5.74, 6) is -0.191. The van der Waals surface area contributed by atoms with E-state index in [2.05, 4.69) is 16.5 Å². The molecule has 1 amide bonds. The molecule has 0 saturated carbocycles. The van der Waals surface area contributed by atoms with Crippen molar-refractivity contribution in [2.45, 2.75) is 32.2 Å². The van der Waals surface area contributed by atoms with Gasteiger partial charge in [0.05, 0.1) is 17.3 Å². The Kier molecular flexibility index (Phi) is 4.16. The zero-order valence-electron chi connectivity index (χ0n) is 14.2. The van der Waals surface area contributed by atoms with Gasteiger partial charge in [-0.2, -0.15) is 0 Å². The van der Waals surface area contributed by atoms with Crippen LogP contribution in [-0.4, -0.2) is 15.7 Å². The molecule has 0 atom stereocenters. The summed E-state index contributed by atoms with van der Waals surface area (Å²) < 4.78 is 1.20. The minimum absolute atomic E-state index is 0.102. The summed E-state index contributed by atoms with van der Waals surface area (Å²) in [5, 5.41) is 6.12. The number of hydrogen-bond donors (Lipinski definition) is 2. The first kappa shape index (κ1) is 16.3. The van der Waals surface area contributed by atoms with E-state index in [-0.39, 0.29) is 30.0 Å². The lowest BCUT2D eigenvalue weighted by Crippen LogP contribution is -2.31. The first-order chi connectivity index (χ1) is 12.6. The van der Waals surface area contributed by atoms with Gasteiger partial charge in [-0.3, -0.25) is 19.5 Å². The van der Waals surface area contributed by atoms with Crippen LogP contribution in [0.5, 0.6) is 0 Å². The zero-order valence-corrected chi connectivity index (χ0v) is 14.2. The first-order valence-corrected chi connectivity index (χ1v) is 8.75. The molecule has 0 unspecified atom stereocenters. The Morgan fingerprint density at radius 3 is 2.65 bits per heavy atom. The molecule has 6 heteroatoms. The van der Waals surface area contributed by atoms with Gasteiger partial charge >= 0.3 is 0 Å².